The van der Waals surface area contributed by atoms with Gasteiger partial charge in [-0.25, -0.2) is 17.2 Å². The number of fused-ring (bicyclic) bond motifs is 1. The molecule has 5 nitrogen and oxygen atoms in total. The lowest BCUT2D eigenvalue weighted by Crippen LogP contribution is -2.50. The monoisotopic (exact) mass is 630 g/mol. The third kappa shape index (κ3) is 6.33. The SMILES string of the molecule is FC(F)(F)C(F)(c1ccccc1)C(F)(F)F.O=C(c1cccc2cnccc12)N1CCC(S(=O)(=O)c2ccc(F)cc2)C1. The summed E-state index contributed by atoms with van der Waals surface area (Å²) in [5.41, 5.74) is -6.27. The zero-order valence-corrected chi connectivity index (χ0v) is 22.7. The molecule has 0 saturated carbocycles. The van der Waals surface area contributed by atoms with Gasteiger partial charge in [0.15, 0.2) is 9.84 Å². The van der Waals surface area contributed by atoms with Gasteiger partial charge in [-0.05, 0) is 48.2 Å². The van der Waals surface area contributed by atoms with Crippen molar-refractivity contribution in [3.8, 4) is 0 Å². The number of carbonyl (C=O) groups is 1. The zero-order chi connectivity index (χ0) is 31.6. The van der Waals surface area contributed by atoms with Crippen molar-refractivity contribution in [2.75, 3.05) is 13.1 Å². The number of aromatic nitrogens is 1. The fourth-order valence-electron chi connectivity index (χ4n) is 4.62. The second kappa shape index (κ2) is 11.9. The van der Waals surface area contributed by atoms with Crippen LogP contribution in [0, 0.1) is 5.82 Å². The first-order valence-electron chi connectivity index (χ1n) is 12.6. The van der Waals surface area contributed by atoms with E-state index in [-0.39, 0.29) is 17.3 Å². The Labute approximate surface area is 240 Å². The highest BCUT2D eigenvalue weighted by atomic mass is 32.2. The quantitative estimate of drug-likeness (QED) is 0.179. The van der Waals surface area contributed by atoms with E-state index in [9.17, 15) is 48.3 Å². The number of hydrogen-bond acceptors (Lipinski definition) is 4. The molecule has 1 aromatic heterocycles. The molecule has 3 aromatic carbocycles. The first kappa shape index (κ1) is 31.9. The van der Waals surface area contributed by atoms with E-state index in [4.69, 9.17) is 0 Å². The Morgan fingerprint density at radius 3 is 2.05 bits per heavy atom. The normalized spacial score (nSPS) is 16.1. The van der Waals surface area contributed by atoms with E-state index >= 15 is 0 Å². The second-order valence-corrected chi connectivity index (χ2v) is 11.8. The van der Waals surface area contributed by atoms with E-state index in [2.05, 4.69) is 4.98 Å². The van der Waals surface area contributed by atoms with Gasteiger partial charge in [-0.15, -0.1) is 0 Å². The number of rotatable bonds is 4. The molecule has 228 valence electrons. The van der Waals surface area contributed by atoms with Crippen LogP contribution in [-0.4, -0.2) is 54.9 Å². The lowest BCUT2D eigenvalue weighted by Gasteiger charge is -2.30. The molecule has 1 fully saturated rings. The van der Waals surface area contributed by atoms with Crippen molar-refractivity contribution >= 4 is 26.5 Å². The van der Waals surface area contributed by atoms with Crippen LogP contribution in [0.1, 0.15) is 22.3 Å². The maximum atomic E-state index is 13.3. The van der Waals surface area contributed by atoms with Crippen LogP contribution in [0.2, 0.25) is 0 Å². The van der Waals surface area contributed by atoms with E-state index in [1.165, 1.54) is 18.2 Å². The zero-order valence-electron chi connectivity index (χ0n) is 21.9. The van der Waals surface area contributed by atoms with Crippen LogP contribution in [0.3, 0.4) is 0 Å². The summed E-state index contributed by atoms with van der Waals surface area (Å²) in [4.78, 5) is 18.7. The number of likely N-dealkylation sites (tertiary alicyclic amines) is 1. The molecule has 0 radical (unpaired) electrons. The molecule has 4 aromatic rings. The summed E-state index contributed by atoms with van der Waals surface area (Å²) in [5, 5.41) is 0.962. The average molecular weight is 631 g/mol. The van der Waals surface area contributed by atoms with Crippen LogP contribution in [0.15, 0.2) is 96.2 Å². The summed E-state index contributed by atoms with van der Waals surface area (Å²) < 4.78 is 125. The molecule has 1 aliphatic rings. The molecule has 1 unspecified atom stereocenters. The van der Waals surface area contributed by atoms with Crippen molar-refractivity contribution in [3.05, 3.63) is 108 Å². The lowest BCUT2D eigenvalue weighted by molar-refractivity contribution is -0.348. The van der Waals surface area contributed by atoms with Crippen LogP contribution >= 0.6 is 0 Å². The number of alkyl halides is 7. The molecule has 0 N–H and O–H groups in total. The number of amides is 1. The van der Waals surface area contributed by atoms with Gasteiger partial charge < -0.3 is 4.90 Å². The third-order valence-corrected chi connectivity index (χ3v) is 9.07. The van der Waals surface area contributed by atoms with E-state index in [1.807, 2.05) is 6.07 Å². The van der Waals surface area contributed by atoms with Gasteiger partial charge >= 0.3 is 18.0 Å². The molecule has 1 amide bonds. The van der Waals surface area contributed by atoms with Gasteiger partial charge in [0.05, 0.1) is 10.1 Å². The first-order chi connectivity index (χ1) is 20.1. The molecule has 2 heterocycles. The Morgan fingerprint density at radius 1 is 0.814 bits per heavy atom. The fourth-order valence-corrected chi connectivity index (χ4v) is 6.31. The van der Waals surface area contributed by atoms with Crippen molar-refractivity contribution in [2.45, 2.75) is 34.6 Å². The van der Waals surface area contributed by atoms with Gasteiger partial charge in [-0.1, -0.05) is 42.5 Å². The summed E-state index contributed by atoms with van der Waals surface area (Å²) in [5.74, 6) is -0.675. The minimum absolute atomic E-state index is 0.0828. The number of sulfone groups is 1. The summed E-state index contributed by atoms with van der Waals surface area (Å²) in [7, 11) is -3.62. The molecule has 43 heavy (non-hydrogen) atoms. The Bertz CT molecular complexity index is 1670. The number of halogens is 8. The molecular formula is C29H22F8N2O3S. The predicted octanol–water partition coefficient (Wildman–Crippen LogP) is 7.04. The standard InChI is InChI=1S/C20H17FN2O3S.C9H5F7/c21-15-4-6-16(7-5-15)27(25,26)17-9-11-23(13-17)20(24)19-3-1-2-14-12-22-10-8-18(14)19;10-7(8(11,12)13,9(14,15)16)6-4-2-1-3-5-6/h1-8,10,12,17H,9,11,13H2;1-5H. The minimum atomic E-state index is -6.05. The number of pyridine rings is 1. The summed E-state index contributed by atoms with van der Waals surface area (Å²) in [6.45, 7) is 0.491. The van der Waals surface area contributed by atoms with Crippen LogP contribution < -0.4 is 0 Å². The number of hydrogen-bond donors (Lipinski definition) is 0. The first-order valence-corrected chi connectivity index (χ1v) is 14.1. The van der Waals surface area contributed by atoms with Gasteiger partial charge in [-0.2, -0.15) is 26.3 Å². The molecule has 0 spiro atoms. The van der Waals surface area contributed by atoms with Gasteiger partial charge in [-0.3, -0.25) is 9.78 Å². The van der Waals surface area contributed by atoms with Crippen molar-refractivity contribution < 1.29 is 48.3 Å². The Hall–Kier alpha value is -4.07. The number of carbonyl (C=O) groups excluding carboxylic acids is 1. The molecule has 5 rings (SSSR count). The number of benzene rings is 3. The van der Waals surface area contributed by atoms with Crippen molar-refractivity contribution in [2.24, 2.45) is 0 Å². The van der Waals surface area contributed by atoms with E-state index in [1.54, 1.807) is 35.5 Å². The van der Waals surface area contributed by atoms with Gasteiger partial charge in [0.25, 0.3) is 5.91 Å². The third-order valence-electron chi connectivity index (χ3n) is 6.88. The van der Waals surface area contributed by atoms with Crippen molar-refractivity contribution in [3.63, 3.8) is 0 Å². The molecule has 14 heteroatoms. The maximum Gasteiger partial charge on any atom is 0.435 e. The highest BCUT2D eigenvalue weighted by molar-refractivity contribution is 7.92. The minimum Gasteiger partial charge on any atom is -0.337 e. The van der Waals surface area contributed by atoms with E-state index < -0.39 is 44.5 Å². The Kier molecular flexibility index (Phi) is 8.82. The molecular weight excluding hydrogens is 608 g/mol. The molecule has 1 saturated heterocycles. The molecule has 0 aliphatic carbocycles. The van der Waals surface area contributed by atoms with Crippen molar-refractivity contribution in [1.82, 2.24) is 9.88 Å². The highest BCUT2D eigenvalue weighted by Crippen LogP contribution is 2.53. The van der Waals surface area contributed by atoms with Gasteiger partial charge in [0.1, 0.15) is 5.82 Å². The summed E-state index contributed by atoms with van der Waals surface area (Å²) in [6.07, 6.45) is -8.42. The largest absolute Gasteiger partial charge is 0.435 e. The van der Waals surface area contributed by atoms with Crippen molar-refractivity contribution in [1.29, 1.82) is 0 Å². The fraction of sp³-hybridized carbons (Fsp3) is 0.241. The lowest BCUT2D eigenvalue weighted by atomic mass is 9.94. The smallest absolute Gasteiger partial charge is 0.337 e. The second-order valence-electron chi connectivity index (χ2n) is 9.58. The average Bonchev–Trinajstić information content (AvgIpc) is 3.47. The molecule has 0 bridgehead atoms. The summed E-state index contributed by atoms with van der Waals surface area (Å²) >= 11 is 0. The van der Waals surface area contributed by atoms with Gasteiger partial charge in [0.2, 0.25) is 0 Å². The van der Waals surface area contributed by atoms with E-state index in [0.717, 1.165) is 35.0 Å². The van der Waals surface area contributed by atoms with Crippen LogP contribution in [0.4, 0.5) is 35.1 Å². The Balaban J connectivity index is 0.000000227. The predicted molar refractivity (Wildman–Crippen MR) is 141 cm³/mol. The van der Waals surface area contributed by atoms with Gasteiger partial charge in [0, 0.05) is 42.0 Å². The topological polar surface area (TPSA) is 67.3 Å². The van der Waals surface area contributed by atoms with Crippen LogP contribution in [0.5, 0.6) is 0 Å². The maximum absolute atomic E-state index is 13.3. The summed E-state index contributed by atoms with van der Waals surface area (Å²) in [6, 6.07) is 15.9. The van der Waals surface area contributed by atoms with E-state index in [0.29, 0.717) is 30.7 Å². The van der Waals surface area contributed by atoms with Crippen LogP contribution in [0.25, 0.3) is 10.8 Å². The van der Waals surface area contributed by atoms with Crippen LogP contribution in [-0.2, 0) is 15.5 Å². The highest BCUT2D eigenvalue weighted by Gasteiger charge is 2.73. The Morgan fingerprint density at radius 2 is 1.44 bits per heavy atom. The molecule has 1 aliphatic heterocycles. The number of nitrogens with zero attached hydrogens (tertiary/aromatic N) is 2. The molecule has 1 atom stereocenters.